The van der Waals surface area contributed by atoms with Gasteiger partial charge in [0.1, 0.15) is 0 Å². The molecule has 4 saturated carbocycles. The van der Waals surface area contributed by atoms with Gasteiger partial charge in [0.15, 0.2) is 0 Å². The molecule has 5 fully saturated rings. The molecule has 3 amide bonds. The third kappa shape index (κ3) is 3.78. The fraction of sp³-hybridized carbons (Fsp3) is 0.913. The first-order chi connectivity index (χ1) is 13.1. The Hall–Kier alpha value is -1.26. The summed E-state index contributed by atoms with van der Waals surface area (Å²) in [5.74, 6) is 1.15. The molecule has 0 spiro atoms. The van der Waals surface area contributed by atoms with E-state index >= 15 is 0 Å². The minimum Gasteiger partial charge on any atom is -0.342 e. The van der Waals surface area contributed by atoms with Crippen molar-refractivity contribution in [1.29, 1.82) is 0 Å². The van der Waals surface area contributed by atoms with Crippen LogP contribution in [0.1, 0.15) is 85.5 Å². The highest BCUT2D eigenvalue weighted by Crippen LogP contribution is 2.66. The van der Waals surface area contributed by atoms with E-state index in [1.165, 1.54) is 19.3 Å². The van der Waals surface area contributed by atoms with Gasteiger partial charge in [0.2, 0.25) is 5.91 Å². The average Bonchev–Trinajstić information content (AvgIpc) is 2.57. The van der Waals surface area contributed by atoms with Gasteiger partial charge >= 0.3 is 6.03 Å². The highest BCUT2D eigenvalue weighted by atomic mass is 16.2. The van der Waals surface area contributed by atoms with Gasteiger partial charge in [-0.15, -0.1) is 0 Å². The molecule has 2 N–H and O–H groups in total. The fourth-order valence-electron chi connectivity index (χ4n) is 7.78. The molecule has 5 nitrogen and oxygen atoms in total. The van der Waals surface area contributed by atoms with E-state index in [4.69, 9.17) is 0 Å². The van der Waals surface area contributed by atoms with E-state index in [-0.39, 0.29) is 29.4 Å². The van der Waals surface area contributed by atoms with Gasteiger partial charge in [-0.2, -0.15) is 0 Å². The maximum atomic E-state index is 12.9. The first kappa shape index (κ1) is 20.0. The zero-order chi connectivity index (χ0) is 20.2. The molecule has 0 radical (unpaired) electrons. The number of urea groups is 1. The van der Waals surface area contributed by atoms with Crippen molar-refractivity contribution in [2.45, 2.75) is 97.1 Å². The fourth-order valence-corrected chi connectivity index (χ4v) is 7.78. The van der Waals surface area contributed by atoms with Crippen LogP contribution in [-0.4, -0.2) is 41.5 Å². The van der Waals surface area contributed by atoms with Gasteiger partial charge in [-0.25, -0.2) is 4.79 Å². The molecule has 5 heteroatoms. The lowest BCUT2D eigenvalue weighted by Crippen LogP contribution is -2.66. The second-order valence-corrected chi connectivity index (χ2v) is 11.4. The van der Waals surface area contributed by atoms with Gasteiger partial charge in [0.05, 0.1) is 0 Å². The number of likely N-dealkylation sites (tertiary alicyclic amines) is 1. The molecule has 1 aliphatic heterocycles. The SMILES string of the molecule is CCC(C)C(=O)N1CCC(NC(=O)NC23CC4CC(C)(CC(C)(C4)C2)C3)CC1. The van der Waals surface area contributed by atoms with Crippen molar-refractivity contribution in [1.82, 2.24) is 15.5 Å². The Morgan fingerprint density at radius 1 is 1.04 bits per heavy atom. The number of nitrogens with one attached hydrogen (secondary N) is 2. The zero-order valence-corrected chi connectivity index (χ0v) is 18.3. The second-order valence-electron chi connectivity index (χ2n) is 11.4. The number of carbonyl (C=O) groups excluding carboxylic acids is 2. The summed E-state index contributed by atoms with van der Waals surface area (Å²) in [5.41, 5.74) is 0.812. The number of rotatable bonds is 4. The molecule has 3 atom stereocenters. The summed E-state index contributed by atoms with van der Waals surface area (Å²) in [6, 6.07) is 0.196. The summed E-state index contributed by atoms with van der Waals surface area (Å²) in [5, 5.41) is 6.69. The van der Waals surface area contributed by atoms with Gasteiger partial charge in [-0.05, 0) is 74.5 Å². The van der Waals surface area contributed by atoms with Crippen molar-refractivity contribution in [3.8, 4) is 0 Å². The minimum absolute atomic E-state index is 0.000224. The summed E-state index contributed by atoms with van der Waals surface area (Å²) in [6.45, 7) is 10.5. The summed E-state index contributed by atoms with van der Waals surface area (Å²) in [6.07, 6.45) is 10.1. The minimum atomic E-state index is 0.000224. The monoisotopic (exact) mass is 389 g/mol. The van der Waals surface area contributed by atoms with Crippen molar-refractivity contribution in [3.63, 3.8) is 0 Å². The molecule has 0 aromatic rings. The van der Waals surface area contributed by atoms with E-state index in [0.717, 1.165) is 57.5 Å². The van der Waals surface area contributed by atoms with Gasteiger partial charge in [-0.1, -0.05) is 27.7 Å². The van der Waals surface area contributed by atoms with Gasteiger partial charge in [0.25, 0.3) is 0 Å². The lowest BCUT2D eigenvalue weighted by Gasteiger charge is -2.65. The van der Waals surface area contributed by atoms with Crippen LogP contribution in [0.25, 0.3) is 0 Å². The Morgan fingerprint density at radius 3 is 2.18 bits per heavy atom. The van der Waals surface area contributed by atoms with Crippen LogP contribution in [0.2, 0.25) is 0 Å². The smallest absolute Gasteiger partial charge is 0.315 e. The van der Waals surface area contributed by atoms with E-state index in [1.807, 2.05) is 11.8 Å². The summed E-state index contributed by atoms with van der Waals surface area (Å²) in [7, 11) is 0. The number of amides is 3. The molecule has 1 saturated heterocycles. The number of nitrogens with zero attached hydrogens (tertiary/aromatic N) is 1. The molecule has 5 rings (SSSR count). The lowest BCUT2D eigenvalue weighted by molar-refractivity contribution is -0.136. The van der Waals surface area contributed by atoms with Crippen LogP contribution >= 0.6 is 0 Å². The van der Waals surface area contributed by atoms with Gasteiger partial charge in [0, 0.05) is 30.6 Å². The zero-order valence-electron chi connectivity index (χ0n) is 18.3. The summed E-state index contributed by atoms with van der Waals surface area (Å²) < 4.78 is 0. The van der Waals surface area contributed by atoms with E-state index < -0.39 is 0 Å². The molecule has 28 heavy (non-hydrogen) atoms. The maximum Gasteiger partial charge on any atom is 0.315 e. The number of hydrogen-bond donors (Lipinski definition) is 2. The highest BCUT2D eigenvalue weighted by molar-refractivity contribution is 5.78. The first-order valence-corrected chi connectivity index (χ1v) is 11.5. The standard InChI is InChI=1S/C23H39N3O2/c1-5-16(2)19(27)26-8-6-18(7-9-26)24-20(28)25-23-12-17-10-21(3,14-23)13-22(4,11-17)15-23/h16-18H,5-15H2,1-4H3,(H2,24,25,28). The second kappa shape index (κ2) is 6.91. The summed E-state index contributed by atoms with van der Waals surface area (Å²) >= 11 is 0. The maximum absolute atomic E-state index is 12.9. The third-order valence-corrected chi connectivity index (χ3v) is 8.18. The van der Waals surface area contributed by atoms with Crippen LogP contribution in [0.5, 0.6) is 0 Å². The molecule has 4 bridgehead atoms. The molecular formula is C23H39N3O2. The molecule has 5 aliphatic rings. The Morgan fingerprint density at radius 2 is 1.64 bits per heavy atom. The predicted octanol–water partition coefficient (Wildman–Crippen LogP) is 4.07. The van der Waals surface area contributed by atoms with Crippen LogP contribution in [0.4, 0.5) is 4.79 Å². The van der Waals surface area contributed by atoms with E-state index in [2.05, 4.69) is 31.4 Å². The van der Waals surface area contributed by atoms with Crippen molar-refractivity contribution in [2.24, 2.45) is 22.7 Å². The van der Waals surface area contributed by atoms with Gasteiger partial charge < -0.3 is 15.5 Å². The topological polar surface area (TPSA) is 61.4 Å². The number of carbonyl (C=O) groups is 2. The molecule has 1 heterocycles. The third-order valence-electron chi connectivity index (χ3n) is 8.18. The molecule has 0 aromatic carbocycles. The number of hydrogen-bond acceptors (Lipinski definition) is 2. The molecule has 3 unspecified atom stereocenters. The van der Waals surface area contributed by atoms with Crippen molar-refractivity contribution >= 4 is 11.9 Å². The van der Waals surface area contributed by atoms with E-state index in [1.54, 1.807) is 0 Å². The molecular weight excluding hydrogens is 350 g/mol. The normalized spacial score (nSPS) is 41.0. The van der Waals surface area contributed by atoms with Crippen LogP contribution in [-0.2, 0) is 4.79 Å². The van der Waals surface area contributed by atoms with E-state index in [9.17, 15) is 9.59 Å². The van der Waals surface area contributed by atoms with Crippen LogP contribution in [0.3, 0.4) is 0 Å². The van der Waals surface area contributed by atoms with Crippen molar-refractivity contribution < 1.29 is 9.59 Å². The van der Waals surface area contributed by atoms with Crippen LogP contribution in [0.15, 0.2) is 0 Å². The molecule has 158 valence electrons. The van der Waals surface area contributed by atoms with Crippen molar-refractivity contribution in [3.05, 3.63) is 0 Å². The first-order valence-electron chi connectivity index (χ1n) is 11.5. The largest absolute Gasteiger partial charge is 0.342 e. The Kier molecular flexibility index (Phi) is 4.95. The number of piperidine rings is 1. The van der Waals surface area contributed by atoms with Gasteiger partial charge in [-0.3, -0.25) is 4.79 Å². The Balaban J connectivity index is 1.31. The molecule has 4 aliphatic carbocycles. The highest BCUT2D eigenvalue weighted by Gasteiger charge is 2.60. The average molecular weight is 390 g/mol. The molecule has 0 aromatic heterocycles. The predicted molar refractivity (Wildman–Crippen MR) is 111 cm³/mol. The lowest BCUT2D eigenvalue weighted by atomic mass is 9.43. The van der Waals surface area contributed by atoms with Crippen molar-refractivity contribution in [2.75, 3.05) is 13.1 Å². The van der Waals surface area contributed by atoms with E-state index in [0.29, 0.717) is 10.8 Å². The summed E-state index contributed by atoms with van der Waals surface area (Å²) in [4.78, 5) is 27.2. The van der Waals surface area contributed by atoms with Crippen LogP contribution in [0, 0.1) is 22.7 Å². The Labute approximate surface area is 170 Å². The Bertz CT molecular complexity index is 622. The quantitative estimate of drug-likeness (QED) is 0.761. The van der Waals surface area contributed by atoms with Crippen LogP contribution < -0.4 is 10.6 Å².